The first-order valence-corrected chi connectivity index (χ1v) is 7.21. The largest absolute Gasteiger partial charge is 0.490 e. The second kappa shape index (κ2) is 7.13. The maximum absolute atomic E-state index is 11.2. The van der Waals surface area contributed by atoms with Crippen LogP contribution in [-0.4, -0.2) is 18.7 Å². The third-order valence-corrected chi connectivity index (χ3v) is 3.67. The molecule has 108 valence electrons. The molecule has 0 amide bonds. The highest BCUT2D eigenvalue weighted by Gasteiger charge is 2.29. The summed E-state index contributed by atoms with van der Waals surface area (Å²) in [6.45, 7) is 5.63. The Morgan fingerprint density at radius 2 is 2.20 bits per heavy atom. The predicted octanol–water partition coefficient (Wildman–Crippen LogP) is 3.84. The molecule has 1 aliphatic rings. The molecule has 3 heteroatoms. The zero-order valence-electron chi connectivity index (χ0n) is 12.0. The lowest BCUT2D eigenvalue weighted by Crippen LogP contribution is -2.27. The van der Waals surface area contributed by atoms with Crippen LogP contribution in [0.2, 0.25) is 0 Å². The number of esters is 1. The van der Waals surface area contributed by atoms with Gasteiger partial charge in [0.25, 0.3) is 0 Å². The molecule has 2 atom stereocenters. The topological polar surface area (TPSA) is 35.5 Å². The third kappa shape index (κ3) is 3.86. The van der Waals surface area contributed by atoms with E-state index in [-0.39, 0.29) is 18.0 Å². The van der Waals surface area contributed by atoms with Gasteiger partial charge in [0, 0.05) is 12.8 Å². The van der Waals surface area contributed by atoms with Gasteiger partial charge >= 0.3 is 5.97 Å². The van der Waals surface area contributed by atoms with Crippen molar-refractivity contribution in [3.8, 4) is 5.75 Å². The van der Waals surface area contributed by atoms with E-state index in [1.165, 1.54) is 18.9 Å². The van der Waals surface area contributed by atoms with Crippen LogP contribution in [-0.2, 0) is 9.53 Å². The van der Waals surface area contributed by atoms with Crippen LogP contribution in [0, 0.1) is 0 Å². The van der Waals surface area contributed by atoms with Crippen molar-refractivity contribution in [1.29, 1.82) is 0 Å². The lowest BCUT2D eigenvalue weighted by atomic mass is 9.81. The van der Waals surface area contributed by atoms with Crippen molar-refractivity contribution in [2.24, 2.45) is 0 Å². The van der Waals surface area contributed by atoms with Crippen LogP contribution in [0.3, 0.4) is 0 Å². The van der Waals surface area contributed by atoms with Crippen molar-refractivity contribution < 1.29 is 14.3 Å². The zero-order valence-corrected chi connectivity index (χ0v) is 12.0. The third-order valence-electron chi connectivity index (χ3n) is 3.67. The van der Waals surface area contributed by atoms with Gasteiger partial charge in [-0.1, -0.05) is 31.2 Å². The molecule has 0 heterocycles. The van der Waals surface area contributed by atoms with Crippen LogP contribution >= 0.6 is 0 Å². The monoisotopic (exact) mass is 274 g/mol. The van der Waals surface area contributed by atoms with Crippen molar-refractivity contribution in [3.05, 3.63) is 42.5 Å². The standard InChI is InChI=1S/C17H22O3/c1-3-11-19-15-8-6-7-14(12-15)16-9-4-5-10-17(16)20-13(2)18/h3,6-8,12,16-17H,1,4-5,9-11H2,2H3. The molecule has 0 radical (unpaired) electrons. The van der Waals surface area contributed by atoms with Crippen molar-refractivity contribution in [2.45, 2.75) is 44.6 Å². The maximum atomic E-state index is 11.2. The molecule has 2 rings (SSSR count). The number of benzene rings is 1. The van der Waals surface area contributed by atoms with Crippen molar-refractivity contribution in [2.75, 3.05) is 6.61 Å². The smallest absolute Gasteiger partial charge is 0.302 e. The van der Waals surface area contributed by atoms with Gasteiger partial charge in [-0.25, -0.2) is 0 Å². The number of ether oxygens (including phenoxy) is 2. The lowest BCUT2D eigenvalue weighted by molar-refractivity contribution is -0.148. The molecular formula is C17H22O3. The molecule has 20 heavy (non-hydrogen) atoms. The fourth-order valence-corrected chi connectivity index (χ4v) is 2.82. The van der Waals surface area contributed by atoms with E-state index in [4.69, 9.17) is 9.47 Å². The minimum absolute atomic E-state index is 0.00379. The molecule has 3 nitrogen and oxygen atoms in total. The molecule has 1 saturated carbocycles. The van der Waals surface area contributed by atoms with Gasteiger partial charge in [-0.05, 0) is 37.0 Å². The van der Waals surface area contributed by atoms with Gasteiger partial charge in [0.1, 0.15) is 18.5 Å². The van der Waals surface area contributed by atoms with E-state index < -0.39 is 0 Å². The Morgan fingerprint density at radius 1 is 1.40 bits per heavy atom. The van der Waals surface area contributed by atoms with E-state index in [9.17, 15) is 4.79 Å². The Balaban J connectivity index is 2.14. The maximum Gasteiger partial charge on any atom is 0.302 e. The van der Waals surface area contributed by atoms with Crippen LogP contribution in [0.5, 0.6) is 5.75 Å². The van der Waals surface area contributed by atoms with Crippen LogP contribution in [0.1, 0.15) is 44.1 Å². The number of carbonyl (C=O) groups excluding carboxylic acids is 1. The van der Waals surface area contributed by atoms with Gasteiger partial charge in [-0.2, -0.15) is 0 Å². The van der Waals surface area contributed by atoms with Gasteiger partial charge in [0.15, 0.2) is 0 Å². The fourth-order valence-electron chi connectivity index (χ4n) is 2.82. The number of hydrogen-bond donors (Lipinski definition) is 0. The molecule has 0 spiro atoms. The van der Waals surface area contributed by atoms with Crippen LogP contribution in [0.4, 0.5) is 0 Å². The minimum atomic E-state index is -0.194. The molecular weight excluding hydrogens is 252 g/mol. The Kier molecular flexibility index (Phi) is 5.22. The van der Waals surface area contributed by atoms with Gasteiger partial charge in [-0.15, -0.1) is 0 Å². The van der Waals surface area contributed by atoms with Crippen molar-refractivity contribution in [1.82, 2.24) is 0 Å². The van der Waals surface area contributed by atoms with E-state index in [0.717, 1.165) is 25.0 Å². The van der Waals surface area contributed by atoms with E-state index in [2.05, 4.69) is 18.7 Å². The second-order valence-corrected chi connectivity index (χ2v) is 5.21. The Bertz CT molecular complexity index is 467. The quantitative estimate of drug-likeness (QED) is 0.604. The Hall–Kier alpha value is -1.77. The number of rotatable bonds is 5. The first-order valence-electron chi connectivity index (χ1n) is 7.21. The summed E-state index contributed by atoms with van der Waals surface area (Å²) in [5.41, 5.74) is 1.19. The highest BCUT2D eigenvalue weighted by Crippen LogP contribution is 2.36. The summed E-state index contributed by atoms with van der Waals surface area (Å²) in [5.74, 6) is 0.926. The first-order chi connectivity index (χ1) is 9.70. The molecule has 1 aromatic rings. The summed E-state index contributed by atoms with van der Waals surface area (Å²) in [5, 5.41) is 0. The van der Waals surface area contributed by atoms with Gasteiger partial charge in [0.05, 0.1) is 0 Å². The number of hydrogen-bond acceptors (Lipinski definition) is 3. The average Bonchev–Trinajstić information content (AvgIpc) is 2.45. The molecule has 0 N–H and O–H groups in total. The average molecular weight is 274 g/mol. The first kappa shape index (κ1) is 14.6. The van der Waals surface area contributed by atoms with E-state index in [0.29, 0.717) is 6.61 Å². The Labute approximate surface area is 120 Å². The molecule has 0 aliphatic heterocycles. The van der Waals surface area contributed by atoms with Crippen LogP contribution in [0.15, 0.2) is 36.9 Å². The minimum Gasteiger partial charge on any atom is -0.490 e. The summed E-state index contributed by atoms with van der Waals surface area (Å²) in [7, 11) is 0. The summed E-state index contributed by atoms with van der Waals surface area (Å²) in [6.07, 6.45) is 6.04. The molecule has 1 aromatic carbocycles. The van der Waals surface area contributed by atoms with Gasteiger partial charge < -0.3 is 9.47 Å². The normalized spacial score (nSPS) is 22.1. The summed E-state index contributed by atoms with van der Waals surface area (Å²) in [4.78, 5) is 11.2. The SMILES string of the molecule is C=CCOc1cccc(C2CCCCC2OC(C)=O)c1. The molecule has 1 aliphatic carbocycles. The molecule has 0 saturated heterocycles. The highest BCUT2D eigenvalue weighted by atomic mass is 16.5. The van der Waals surface area contributed by atoms with E-state index in [1.807, 2.05) is 12.1 Å². The fraction of sp³-hybridized carbons (Fsp3) is 0.471. The zero-order chi connectivity index (χ0) is 14.4. The van der Waals surface area contributed by atoms with Gasteiger partial charge in [0.2, 0.25) is 0 Å². The molecule has 0 bridgehead atoms. The van der Waals surface area contributed by atoms with Gasteiger partial charge in [-0.3, -0.25) is 4.79 Å². The molecule has 2 unspecified atom stereocenters. The van der Waals surface area contributed by atoms with Crippen molar-refractivity contribution in [3.63, 3.8) is 0 Å². The van der Waals surface area contributed by atoms with Crippen LogP contribution < -0.4 is 4.74 Å². The summed E-state index contributed by atoms with van der Waals surface area (Å²) >= 11 is 0. The van der Waals surface area contributed by atoms with E-state index >= 15 is 0 Å². The Morgan fingerprint density at radius 3 is 2.95 bits per heavy atom. The molecule has 0 aromatic heterocycles. The molecule has 1 fully saturated rings. The predicted molar refractivity (Wildman–Crippen MR) is 78.9 cm³/mol. The van der Waals surface area contributed by atoms with E-state index in [1.54, 1.807) is 6.08 Å². The van der Waals surface area contributed by atoms with Crippen molar-refractivity contribution >= 4 is 5.97 Å². The summed E-state index contributed by atoms with van der Waals surface area (Å²) < 4.78 is 11.1. The lowest BCUT2D eigenvalue weighted by Gasteiger charge is -2.31. The second-order valence-electron chi connectivity index (χ2n) is 5.21. The number of carbonyl (C=O) groups is 1. The van der Waals surface area contributed by atoms with Crippen LogP contribution in [0.25, 0.3) is 0 Å². The summed E-state index contributed by atoms with van der Waals surface area (Å²) in [6, 6.07) is 8.08. The highest BCUT2D eigenvalue weighted by molar-refractivity contribution is 5.66.